The van der Waals surface area contributed by atoms with E-state index in [0.29, 0.717) is 6.42 Å². The molecule has 1 amide bonds. The third-order valence-corrected chi connectivity index (χ3v) is 3.68. The first-order valence-electron chi connectivity index (χ1n) is 8.70. The second-order valence-corrected chi connectivity index (χ2v) is 5.80. The summed E-state index contributed by atoms with van der Waals surface area (Å²) in [6.07, 6.45) is 21.9. The van der Waals surface area contributed by atoms with Gasteiger partial charge in [0.05, 0.1) is 0 Å². The van der Waals surface area contributed by atoms with Gasteiger partial charge in [0.1, 0.15) is 0 Å². The van der Waals surface area contributed by atoms with Gasteiger partial charge in [-0.25, -0.2) is 0 Å². The fourth-order valence-corrected chi connectivity index (χ4v) is 2.37. The molecule has 0 aliphatic rings. The number of rotatable bonds is 15. The van der Waals surface area contributed by atoms with Gasteiger partial charge in [0.25, 0.3) is 0 Å². The molecule has 2 nitrogen and oxygen atoms in total. The molecule has 0 fully saturated rings. The minimum Gasteiger partial charge on any atom is -1.00 e. The predicted octanol–water partition coefficient (Wildman–Crippen LogP) is 2.74. The molecule has 0 radical (unpaired) electrons. The van der Waals surface area contributed by atoms with Crippen molar-refractivity contribution < 1.29 is 35.8 Å². The molecule has 0 spiro atoms. The van der Waals surface area contributed by atoms with Crippen LogP contribution in [0.4, 0.5) is 0 Å². The molecule has 0 heterocycles. The molecule has 0 aromatic carbocycles. The molecule has 128 valence electrons. The molecule has 0 aliphatic carbocycles. The van der Waals surface area contributed by atoms with Gasteiger partial charge >= 0.3 is 29.6 Å². The van der Waals surface area contributed by atoms with Gasteiger partial charge in [-0.2, -0.15) is 13.5 Å². The monoisotopic (exact) mass is 339 g/mol. The smallest absolute Gasteiger partial charge is 1.00 e. The molecule has 0 bridgehead atoms. The summed E-state index contributed by atoms with van der Waals surface area (Å²) < 4.78 is 0. The molecule has 0 rings (SSSR count). The molecule has 0 aromatic rings. The van der Waals surface area contributed by atoms with Crippen LogP contribution in [0.2, 0.25) is 0 Å². The van der Waals surface area contributed by atoms with E-state index in [1.54, 1.807) is 0 Å². The molecular formula is C18H38NNaOS. The summed E-state index contributed by atoms with van der Waals surface area (Å²) in [6.45, 7) is 2.26. The molecule has 4 heteroatoms. The summed E-state index contributed by atoms with van der Waals surface area (Å²) >= 11 is 0. The number of carbonyl (C=O) groups excluding carboxylic acids is 1. The van der Waals surface area contributed by atoms with Crippen LogP contribution in [0.1, 0.15) is 98.2 Å². The number of unbranched alkanes of at least 4 members (excludes halogenated alkanes) is 11. The Bertz CT molecular complexity index is 253. The van der Waals surface area contributed by atoms with Crippen molar-refractivity contribution in [2.45, 2.75) is 96.8 Å². The van der Waals surface area contributed by atoms with Crippen molar-refractivity contribution in [2.24, 2.45) is 5.73 Å². The predicted molar refractivity (Wildman–Crippen MR) is 100 cm³/mol. The maximum Gasteiger partial charge on any atom is 1.00 e. The van der Waals surface area contributed by atoms with E-state index in [9.17, 15) is 4.79 Å². The minimum atomic E-state index is -0.164. The second kappa shape index (κ2) is 23.8. The Morgan fingerprint density at radius 1 is 0.818 bits per heavy atom. The Morgan fingerprint density at radius 2 is 1.23 bits per heavy atom. The third-order valence-electron chi connectivity index (χ3n) is 3.68. The number of nitrogens with two attached hydrogens (primary N) is 1. The SMILES string of the molecule is CCCCCCCC/C=C\CCCCCCCC(N)=O.S.[H-].[Na+]. The van der Waals surface area contributed by atoms with Gasteiger partial charge in [-0.1, -0.05) is 70.4 Å². The van der Waals surface area contributed by atoms with Crippen LogP contribution in [0, 0.1) is 0 Å². The van der Waals surface area contributed by atoms with Crippen LogP contribution in [0.15, 0.2) is 12.2 Å². The van der Waals surface area contributed by atoms with Gasteiger partial charge in [-0.05, 0) is 32.1 Å². The molecule has 0 saturated carbocycles. The van der Waals surface area contributed by atoms with Crippen LogP contribution in [0.3, 0.4) is 0 Å². The van der Waals surface area contributed by atoms with E-state index in [-0.39, 0.29) is 50.4 Å². The van der Waals surface area contributed by atoms with E-state index < -0.39 is 0 Å². The van der Waals surface area contributed by atoms with Crippen LogP contribution >= 0.6 is 13.5 Å². The molecule has 2 N–H and O–H groups in total. The zero-order chi connectivity index (χ0) is 14.9. The van der Waals surface area contributed by atoms with Gasteiger partial charge in [-0.15, -0.1) is 0 Å². The van der Waals surface area contributed by atoms with Crippen molar-refractivity contribution in [3.8, 4) is 0 Å². The fraction of sp³-hybridized carbons (Fsp3) is 0.833. The molecule has 22 heavy (non-hydrogen) atoms. The van der Waals surface area contributed by atoms with Crippen LogP contribution in [-0.2, 0) is 4.79 Å². The van der Waals surface area contributed by atoms with Crippen molar-refractivity contribution in [2.75, 3.05) is 0 Å². The van der Waals surface area contributed by atoms with E-state index in [4.69, 9.17) is 5.73 Å². The van der Waals surface area contributed by atoms with Crippen molar-refractivity contribution in [3.63, 3.8) is 0 Å². The van der Waals surface area contributed by atoms with Crippen molar-refractivity contribution >= 4 is 19.4 Å². The topological polar surface area (TPSA) is 43.1 Å². The molecular weight excluding hydrogens is 301 g/mol. The quantitative estimate of drug-likeness (QED) is 0.278. The normalized spacial score (nSPS) is 10.2. The number of primary amides is 1. The summed E-state index contributed by atoms with van der Waals surface area (Å²) in [7, 11) is 0. The van der Waals surface area contributed by atoms with Gasteiger partial charge in [0.2, 0.25) is 5.91 Å². The summed E-state index contributed by atoms with van der Waals surface area (Å²) in [4.78, 5) is 10.5. The fourth-order valence-electron chi connectivity index (χ4n) is 2.37. The van der Waals surface area contributed by atoms with Gasteiger partial charge < -0.3 is 7.16 Å². The number of hydrogen-bond acceptors (Lipinski definition) is 1. The van der Waals surface area contributed by atoms with Gasteiger partial charge in [-0.3, -0.25) is 4.79 Å². The van der Waals surface area contributed by atoms with Crippen LogP contribution in [-0.4, -0.2) is 5.91 Å². The van der Waals surface area contributed by atoms with Crippen LogP contribution in [0.5, 0.6) is 0 Å². The Kier molecular flexibility index (Phi) is 29.7. The van der Waals surface area contributed by atoms with Crippen molar-refractivity contribution in [3.05, 3.63) is 12.2 Å². The van der Waals surface area contributed by atoms with E-state index >= 15 is 0 Å². The van der Waals surface area contributed by atoms with Gasteiger partial charge in [0.15, 0.2) is 0 Å². The Morgan fingerprint density at radius 3 is 1.68 bits per heavy atom. The first-order chi connectivity index (χ1) is 9.77. The van der Waals surface area contributed by atoms with Crippen LogP contribution in [0.25, 0.3) is 0 Å². The summed E-state index contributed by atoms with van der Waals surface area (Å²) in [5, 5.41) is 0. The van der Waals surface area contributed by atoms with Crippen molar-refractivity contribution in [1.29, 1.82) is 0 Å². The Hall–Kier alpha value is 0.560. The zero-order valence-electron chi connectivity index (χ0n) is 16.0. The second-order valence-electron chi connectivity index (χ2n) is 5.80. The molecule has 0 unspecified atom stereocenters. The Labute approximate surface area is 169 Å². The maximum atomic E-state index is 10.5. The molecule has 0 aromatic heterocycles. The number of amides is 1. The average molecular weight is 340 g/mol. The number of allylic oxidation sites excluding steroid dienone is 2. The molecule has 0 aliphatic heterocycles. The van der Waals surface area contributed by atoms with E-state index in [0.717, 1.165) is 12.8 Å². The first-order valence-corrected chi connectivity index (χ1v) is 8.70. The maximum absolute atomic E-state index is 10.5. The summed E-state index contributed by atoms with van der Waals surface area (Å²) in [6, 6.07) is 0. The number of hydrogen-bond donors (Lipinski definition) is 1. The Balaban J connectivity index is -0.000000602. The molecule has 0 atom stereocenters. The number of carbonyl (C=O) groups is 1. The average Bonchev–Trinajstić information content (AvgIpc) is 2.43. The van der Waals surface area contributed by atoms with E-state index in [2.05, 4.69) is 19.1 Å². The first kappa shape index (κ1) is 27.4. The summed E-state index contributed by atoms with van der Waals surface area (Å²) in [5.74, 6) is -0.164. The van der Waals surface area contributed by atoms with Gasteiger partial charge in [0, 0.05) is 6.42 Å². The third kappa shape index (κ3) is 25.5. The summed E-state index contributed by atoms with van der Waals surface area (Å²) in [5.41, 5.74) is 5.10. The largest absolute Gasteiger partial charge is 1.00 e. The van der Waals surface area contributed by atoms with E-state index in [1.165, 1.54) is 70.6 Å². The zero-order valence-corrected chi connectivity index (χ0v) is 18.0. The standard InChI is InChI=1S/C18H35NO.Na.H2S.H/c1-2-3-4-5-6-7-8-9-10-11-12-13-14-15-16-17-18(19)20;;;/h9-10H,2-8,11-17H2,1H3,(H2,19,20);;1H2;/q;+1;;-1/b10-9-;;;. The van der Waals surface area contributed by atoms with E-state index in [1.807, 2.05) is 0 Å². The van der Waals surface area contributed by atoms with Crippen LogP contribution < -0.4 is 35.3 Å². The minimum absolute atomic E-state index is 0. The molecule has 0 saturated heterocycles. The van der Waals surface area contributed by atoms with Crippen molar-refractivity contribution in [1.82, 2.24) is 0 Å².